The van der Waals surface area contributed by atoms with Crippen molar-refractivity contribution >= 4 is 34.3 Å². The van der Waals surface area contributed by atoms with E-state index in [1.54, 1.807) is 0 Å². The highest BCUT2D eigenvalue weighted by molar-refractivity contribution is 7.14. The Morgan fingerprint density at radius 3 is 2.25 bits per heavy atom. The fourth-order valence-corrected chi connectivity index (χ4v) is 3.68. The van der Waals surface area contributed by atoms with Crippen LogP contribution in [0.2, 0.25) is 0 Å². The molecule has 0 spiro atoms. The molecule has 2 atom stereocenters. The minimum atomic E-state index is -1.17. The summed E-state index contributed by atoms with van der Waals surface area (Å²) in [6.45, 7) is 3.76. The van der Waals surface area contributed by atoms with Crippen LogP contribution in [-0.2, 0) is 14.4 Å². The lowest BCUT2D eigenvalue weighted by molar-refractivity contribution is -0.147. The van der Waals surface area contributed by atoms with Crippen molar-refractivity contribution in [2.45, 2.75) is 33.1 Å². The van der Waals surface area contributed by atoms with Gasteiger partial charge in [0.2, 0.25) is 5.91 Å². The van der Waals surface area contributed by atoms with Gasteiger partial charge in [0.15, 0.2) is 5.13 Å². The average molecular weight is 404 g/mol. The molecule has 8 heteroatoms. The lowest BCUT2D eigenvalue weighted by atomic mass is 9.86. The molecule has 0 saturated carbocycles. The molecule has 0 aliphatic heterocycles. The predicted molar refractivity (Wildman–Crippen MR) is 107 cm³/mol. The molecule has 0 radical (unpaired) electrons. The average Bonchev–Trinajstić information content (AvgIpc) is 3.09. The summed E-state index contributed by atoms with van der Waals surface area (Å²) in [5, 5.41) is 23.6. The summed E-state index contributed by atoms with van der Waals surface area (Å²) < 4.78 is 0. The first-order valence-corrected chi connectivity index (χ1v) is 9.90. The topological polar surface area (TPSA) is 117 Å². The Morgan fingerprint density at radius 2 is 1.68 bits per heavy atom. The first kappa shape index (κ1) is 21.6. The molecule has 2 aromatic rings. The van der Waals surface area contributed by atoms with Crippen molar-refractivity contribution in [3.8, 4) is 11.3 Å². The van der Waals surface area contributed by atoms with Crippen molar-refractivity contribution < 1.29 is 24.6 Å². The van der Waals surface area contributed by atoms with E-state index < -0.39 is 29.7 Å². The van der Waals surface area contributed by atoms with E-state index in [4.69, 9.17) is 0 Å². The second-order valence-electron chi connectivity index (χ2n) is 7.09. The Hall–Kier alpha value is -2.74. The van der Waals surface area contributed by atoms with E-state index in [2.05, 4.69) is 10.3 Å². The molecule has 3 N–H and O–H groups in total. The van der Waals surface area contributed by atoms with Gasteiger partial charge in [0.1, 0.15) is 0 Å². The van der Waals surface area contributed by atoms with E-state index in [1.165, 1.54) is 11.3 Å². The molecule has 1 amide bonds. The van der Waals surface area contributed by atoms with E-state index >= 15 is 0 Å². The summed E-state index contributed by atoms with van der Waals surface area (Å²) >= 11 is 1.25. The van der Waals surface area contributed by atoms with E-state index in [9.17, 15) is 24.6 Å². The molecule has 0 aliphatic carbocycles. The first-order valence-electron chi connectivity index (χ1n) is 9.02. The van der Waals surface area contributed by atoms with Crippen LogP contribution in [0.25, 0.3) is 11.3 Å². The number of amides is 1. The van der Waals surface area contributed by atoms with Crippen LogP contribution in [0.3, 0.4) is 0 Å². The van der Waals surface area contributed by atoms with Gasteiger partial charge in [0.25, 0.3) is 0 Å². The third-order valence-electron chi connectivity index (χ3n) is 4.28. The first-order chi connectivity index (χ1) is 13.3. The third-order valence-corrected chi connectivity index (χ3v) is 5.03. The van der Waals surface area contributed by atoms with Crippen LogP contribution in [0.4, 0.5) is 5.13 Å². The fourth-order valence-electron chi connectivity index (χ4n) is 2.95. The van der Waals surface area contributed by atoms with Crippen molar-refractivity contribution in [3.05, 3.63) is 35.7 Å². The van der Waals surface area contributed by atoms with Crippen LogP contribution in [0.15, 0.2) is 35.7 Å². The highest BCUT2D eigenvalue weighted by Crippen LogP contribution is 2.26. The molecule has 0 aliphatic rings. The molecule has 2 rings (SSSR count). The fraction of sp³-hybridized carbons (Fsp3) is 0.400. The number of nitrogens with zero attached hydrogens (tertiary/aromatic N) is 1. The van der Waals surface area contributed by atoms with Gasteiger partial charge in [-0.1, -0.05) is 44.2 Å². The van der Waals surface area contributed by atoms with Gasteiger partial charge in [-0.2, -0.15) is 0 Å². The Morgan fingerprint density at radius 1 is 1.04 bits per heavy atom. The van der Waals surface area contributed by atoms with Gasteiger partial charge in [-0.15, -0.1) is 11.3 Å². The molecule has 0 unspecified atom stereocenters. The lowest BCUT2D eigenvalue weighted by Crippen LogP contribution is -2.27. The van der Waals surface area contributed by atoms with Crippen molar-refractivity contribution in [2.75, 3.05) is 5.32 Å². The molecule has 150 valence electrons. The number of hydrogen-bond donors (Lipinski definition) is 3. The standard InChI is InChI=1S/C20H24N2O5S/c1-12(2)8-14(18(24)25)9-15(19(26)27)10-17(23)22-20-21-16(11-28-20)13-6-4-3-5-7-13/h3-7,11-12,14-15H,8-10H2,1-2H3,(H,24,25)(H,26,27)(H,21,22,23)/t14-,15+/m1/s1. The Labute approximate surface area is 167 Å². The lowest BCUT2D eigenvalue weighted by Gasteiger charge is -2.19. The quantitative estimate of drug-likeness (QED) is 0.551. The van der Waals surface area contributed by atoms with Crippen LogP contribution in [-0.4, -0.2) is 33.0 Å². The zero-order valence-corrected chi connectivity index (χ0v) is 16.6. The van der Waals surface area contributed by atoms with Gasteiger partial charge in [0, 0.05) is 17.4 Å². The molecule has 0 fully saturated rings. The number of aromatic nitrogens is 1. The molecule has 1 aromatic carbocycles. The molecule has 1 aromatic heterocycles. The van der Waals surface area contributed by atoms with Gasteiger partial charge < -0.3 is 15.5 Å². The van der Waals surface area contributed by atoms with E-state index in [1.807, 2.05) is 49.6 Å². The number of anilines is 1. The van der Waals surface area contributed by atoms with E-state index in [-0.39, 0.29) is 18.8 Å². The van der Waals surface area contributed by atoms with Crippen LogP contribution < -0.4 is 5.32 Å². The van der Waals surface area contributed by atoms with Gasteiger partial charge in [-0.05, 0) is 18.8 Å². The number of rotatable bonds is 10. The maximum atomic E-state index is 12.3. The third kappa shape index (κ3) is 6.45. The number of carboxylic acid groups (broad SMARTS) is 2. The summed E-state index contributed by atoms with van der Waals surface area (Å²) in [5.41, 5.74) is 1.64. The molecular formula is C20H24N2O5S. The molecular weight excluding hydrogens is 380 g/mol. The Bertz CT molecular complexity index is 819. The molecule has 1 heterocycles. The van der Waals surface area contributed by atoms with Crippen LogP contribution in [0, 0.1) is 17.8 Å². The van der Waals surface area contributed by atoms with Crippen molar-refractivity contribution in [3.63, 3.8) is 0 Å². The molecule has 0 saturated heterocycles. The van der Waals surface area contributed by atoms with Crippen molar-refractivity contribution in [2.24, 2.45) is 17.8 Å². The summed E-state index contributed by atoms with van der Waals surface area (Å²) in [6.07, 6.45) is -0.00545. The summed E-state index contributed by atoms with van der Waals surface area (Å²) in [4.78, 5) is 39.6. The minimum absolute atomic E-state index is 0.0800. The smallest absolute Gasteiger partial charge is 0.307 e. The van der Waals surface area contributed by atoms with Crippen molar-refractivity contribution in [1.29, 1.82) is 0 Å². The van der Waals surface area contributed by atoms with E-state index in [0.29, 0.717) is 11.6 Å². The maximum Gasteiger partial charge on any atom is 0.307 e. The number of carboxylic acids is 2. The van der Waals surface area contributed by atoms with Crippen molar-refractivity contribution in [1.82, 2.24) is 4.98 Å². The summed E-state index contributed by atoms with van der Waals surface area (Å²) in [5.74, 6) is -4.43. The number of benzene rings is 1. The van der Waals surface area contributed by atoms with E-state index in [0.717, 1.165) is 11.3 Å². The second-order valence-corrected chi connectivity index (χ2v) is 7.95. The predicted octanol–water partition coefficient (Wildman–Crippen LogP) is 3.98. The number of nitrogens with one attached hydrogen (secondary N) is 1. The SMILES string of the molecule is CC(C)C[C@H](C[C@@H](CC(=O)Nc1nc(-c2ccccc2)cs1)C(=O)O)C(=O)O. The monoisotopic (exact) mass is 404 g/mol. The maximum absolute atomic E-state index is 12.3. The van der Waals surface area contributed by atoms with Gasteiger partial charge >= 0.3 is 11.9 Å². The molecule has 0 bridgehead atoms. The highest BCUT2D eigenvalue weighted by Gasteiger charge is 2.29. The zero-order valence-electron chi connectivity index (χ0n) is 15.8. The number of carbonyl (C=O) groups is 3. The van der Waals surface area contributed by atoms with Crippen LogP contribution >= 0.6 is 11.3 Å². The second kappa shape index (κ2) is 9.98. The number of aliphatic carboxylic acids is 2. The summed E-state index contributed by atoms with van der Waals surface area (Å²) in [7, 11) is 0. The van der Waals surface area contributed by atoms with Gasteiger partial charge in [0.05, 0.1) is 17.5 Å². The zero-order chi connectivity index (χ0) is 20.7. The van der Waals surface area contributed by atoms with Gasteiger partial charge in [-0.3, -0.25) is 14.4 Å². The largest absolute Gasteiger partial charge is 0.481 e. The number of hydrogen-bond acceptors (Lipinski definition) is 5. The minimum Gasteiger partial charge on any atom is -0.481 e. The Kier molecular flexibility index (Phi) is 7.69. The molecule has 28 heavy (non-hydrogen) atoms. The van der Waals surface area contributed by atoms with Gasteiger partial charge in [-0.25, -0.2) is 4.98 Å². The van der Waals surface area contributed by atoms with Crippen LogP contribution in [0.5, 0.6) is 0 Å². The normalized spacial score (nSPS) is 13.1. The summed E-state index contributed by atoms with van der Waals surface area (Å²) in [6, 6.07) is 9.48. The molecule has 7 nitrogen and oxygen atoms in total. The number of thiazole rings is 1. The number of carbonyl (C=O) groups excluding carboxylic acids is 1. The Balaban J connectivity index is 2.00. The van der Waals surface area contributed by atoms with Crippen LogP contribution in [0.1, 0.15) is 33.1 Å². The highest BCUT2D eigenvalue weighted by atomic mass is 32.1.